The predicted molar refractivity (Wildman–Crippen MR) is 48.7 cm³/mol. The Bertz CT molecular complexity index is 330. The fourth-order valence-corrected chi connectivity index (χ4v) is 2.03. The first-order valence-electron chi connectivity index (χ1n) is 3.89. The van der Waals surface area contributed by atoms with Crippen LogP contribution >= 0.6 is 0 Å². The smallest absolute Gasteiger partial charge is 0.322 e. The van der Waals surface area contributed by atoms with E-state index in [1.165, 1.54) is 0 Å². The van der Waals surface area contributed by atoms with E-state index in [1.807, 2.05) is 0 Å². The summed E-state index contributed by atoms with van der Waals surface area (Å²) < 4.78 is 27.9. The summed E-state index contributed by atoms with van der Waals surface area (Å²) in [5, 5.41) is 8.35. The number of sulfonamides is 1. The van der Waals surface area contributed by atoms with Crippen LogP contribution < -0.4 is 0 Å². The number of esters is 1. The number of nitrogens with zero attached hydrogens (tertiary/aromatic N) is 2. The van der Waals surface area contributed by atoms with Crippen molar-refractivity contribution in [1.82, 2.24) is 4.31 Å². The van der Waals surface area contributed by atoms with Crippen LogP contribution in [0.25, 0.3) is 0 Å². The van der Waals surface area contributed by atoms with Crippen LogP contribution in [0.4, 0.5) is 0 Å². The highest BCUT2D eigenvalue weighted by Gasteiger charge is 2.23. The lowest BCUT2D eigenvalue weighted by molar-refractivity contribution is -0.137. The summed E-state index contributed by atoms with van der Waals surface area (Å²) in [4.78, 5) is 10.7. The maximum Gasteiger partial charge on any atom is 0.322 e. The number of hydrogen-bond donors (Lipinski definition) is 0. The lowest BCUT2D eigenvalue weighted by Gasteiger charge is -2.15. The van der Waals surface area contributed by atoms with Gasteiger partial charge in [-0.1, -0.05) is 6.92 Å². The number of methoxy groups -OCH3 is 1. The zero-order chi connectivity index (χ0) is 11.2. The Morgan fingerprint density at radius 1 is 1.57 bits per heavy atom. The normalized spacial score (nSPS) is 11.0. The second-order valence-electron chi connectivity index (χ2n) is 2.42. The number of ether oxygens (including phenoxy) is 1. The van der Waals surface area contributed by atoms with Crippen molar-refractivity contribution in [3.05, 3.63) is 0 Å². The Labute approximate surface area is 83.1 Å². The van der Waals surface area contributed by atoms with Gasteiger partial charge in [-0.05, 0) is 0 Å². The van der Waals surface area contributed by atoms with Crippen molar-refractivity contribution in [2.75, 3.05) is 26.0 Å². The number of hydrogen-bond acceptors (Lipinski definition) is 5. The third-order valence-electron chi connectivity index (χ3n) is 1.52. The van der Waals surface area contributed by atoms with Gasteiger partial charge in [0.25, 0.3) is 0 Å². The van der Waals surface area contributed by atoms with Gasteiger partial charge in [0.05, 0.1) is 13.2 Å². The first kappa shape index (κ1) is 12.9. The molecule has 0 fully saturated rings. The highest BCUT2D eigenvalue weighted by molar-refractivity contribution is 7.89. The minimum atomic E-state index is -3.71. The van der Waals surface area contributed by atoms with Crippen molar-refractivity contribution in [2.45, 2.75) is 6.92 Å². The van der Waals surface area contributed by atoms with Gasteiger partial charge in [-0.3, -0.25) is 4.79 Å². The topological polar surface area (TPSA) is 87.5 Å². The molecule has 0 aromatic carbocycles. The SMILES string of the molecule is CCN(CC#N)S(=O)(=O)CC(=O)OC. The molecule has 0 atom stereocenters. The molecule has 0 radical (unpaired) electrons. The van der Waals surface area contributed by atoms with Crippen LogP contribution in [0, 0.1) is 11.3 Å². The lowest BCUT2D eigenvalue weighted by atomic mass is 10.6. The maximum absolute atomic E-state index is 11.4. The molecular formula is C7H12N2O4S. The van der Waals surface area contributed by atoms with Crippen molar-refractivity contribution in [1.29, 1.82) is 5.26 Å². The Morgan fingerprint density at radius 2 is 2.14 bits per heavy atom. The Balaban J connectivity index is 4.59. The first-order chi connectivity index (χ1) is 6.47. The third kappa shape index (κ3) is 3.72. The van der Waals surface area contributed by atoms with E-state index in [1.54, 1.807) is 13.0 Å². The number of rotatable bonds is 5. The van der Waals surface area contributed by atoms with E-state index in [-0.39, 0.29) is 13.1 Å². The molecule has 0 aromatic rings. The first-order valence-corrected chi connectivity index (χ1v) is 5.50. The maximum atomic E-state index is 11.4. The zero-order valence-electron chi connectivity index (χ0n) is 8.06. The minimum absolute atomic E-state index is 0.160. The van der Waals surface area contributed by atoms with Gasteiger partial charge in [0.15, 0.2) is 5.75 Å². The van der Waals surface area contributed by atoms with Gasteiger partial charge in [-0.25, -0.2) is 8.42 Å². The monoisotopic (exact) mass is 220 g/mol. The molecule has 0 N–H and O–H groups in total. The van der Waals surface area contributed by atoms with E-state index in [2.05, 4.69) is 4.74 Å². The molecule has 0 rings (SSSR count). The van der Waals surface area contributed by atoms with Crippen LogP contribution in [0.5, 0.6) is 0 Å². The van der Waals surface area contributed by atoms with Crippen LogP contribution in [-0.2, 0) is 19.6 Å². The molecule has 0 saturated heterocycles. The molecule has 0 bridgehead atoms. The van der Waals surface area contributed by atoms with Gasteiger partial charge in [-0.15, -0.1) is 0 Å². The van der Waals surface area contributed by atoms with Gasteiger partial charge < -0.3 is 4.74 Å². The summed E-state index contributed by atoms with van der Waals surface area (Å²) in [5.74, 6) is -1.56. The molecule has 0 spiro atoms. The van der Waals surface area contributed by atoms with Gasteiger partial charge in [0.2, 0.25) is 10.0 Å². The molecule has 0 amide bonds. The van der Waals surface area contributed by atoms with Gasteiger partial charge in [-0.2, -0.15) is 9.57 Å². The standard InChI is InChI=1S/C7H12N2O4S/c1-3-9(5-4-8)14(11,12)6-7(10)13-2/h3,5-6H2,1-2H3. The second-order valence-corrected chi connectivity index (χ2v) is 4.39. The van der Waals surface area contributed by atoms with E-state index in [0.29, 0.717) is 0 Å². The number of nitriles is 1. The largest absolute Gasteiger partial charge is 0.468 e. The summed E-state index contributed by atoms with van der Waals surface area (Å²) in [6.07, 6.45) is 0. The van der Waals surface area contributed by atoms with E-state index in [9.17, 15) is 13.2 Å². The molecule has 0 aliphatic carbocycles. The molecule has 0 unspecified atom stereocenters. The average molecular weight is 220 g/mol. The Morgan fingerprint density at radius 3 is 2.50 bits per heavy atom. The number of carbonyl (C=O) groups excluding carboxylic acids is 1. The molecule has 0 aliphatic heterocycles. The van der Waals surface area contributed by atoms with Crippen molar-refractivity contribution in [3.8, 4) is 6.07 Å². The molecule has 80 valence electrons. The zero-order valence-corrected chi connectivity index (χ0v) is 8.87. The molecule has 0 aromatic heterocycles. The van der Waals surface area contributed by atoms with Crippen molar-refractivity contribution < 1.29 is 17.9 Å². The van der Waals surface area contributed by atoms with E-state index < -0.39 is 21.7 Å². The van der Waals surface area contributed by atoms with Crippen LogP contribution in [0.2, 0.25) is 0 Å². The van der Waals surface area contributed by atoms with Crippen molar-refractivity contribution in [3.63, 3.8) is 0 Å². The van der Waals surface area contributed by atoms with Crippen LogP contribution in [0.1, 0.15) is 6.92 Å². The number of carbonyl (C=O) groups is 1. The van der Waals surface area contributed by atoms with Crippen LogP contribution in [0.3, 0.4) is 0 Å². The van der Waals surface area contributed by atoms with Gasteiger partial charge in [0, 0.05) is 6.54 Å². The highest BCUT2D eigenvalue weighted by atomic mass is 32.2. The molecule has 6 nitrogen and oxygen atoms in total. The fraction of sp³-hybridized carbons (Fsp3) is 0.714. The van der Waals surface area contributed by atoms with E-state index in [0.717, 1.165) is 11.4 Å². The molecule has 0 heterocycles. The minimum Gasteiger partial charge on any atom is -0.468 e. The highest BCUT2D eigenvalue weighted by Crippen LogP contribution is 2.00. The average Bonchev–Trinajstić information content (AvgIpc) is 2.12. The third-order valence-corrected chi connectivity index (χ3v) is 3.30. The fourth-order valence-electron chi connectivity index (χ4n) is 0.785. The van der Waals surface area contributed by atoms with Gasteiger partial charge in [0.1, 0.15) is 6.54 Å². The Hall–Kier alpha value is -1.13. The summed E-state index contributed by atoms with van der Waals surface area (Å²) in [5.41, 5.74) is 0. The summed E-state index contributed by atoms with van der Waals surface area (Å²) >= 11 is 0. The molecule has 14 heavy (non-hydrogen) atoms. The van der Waals surface area contributed by atoms with Crippen LogP contribution in [0.15, 0.2) is 0 Å². The van der Waals surface area contributed by atoms with Gasteiger partial charge >= 0.3 is 5.97 Å². The molecule has 0 aliphatic rings. The summed E-state index contributed by atoms with van der Waals surface area (Å²) in [6, 6.07) is 1.71. The molecular weight excluding hydrogens is 208 g/mol. The molecule has 0 saturated carbocycles. The molecule has 7 heteroatoms. The summed E-state index contributed by atoms with van der Waals surface area (Å²) in [7, 11) is -2.60. The van der Waals surface area contributed by atoms with E-state index in [4.69, 9.17) is 5.26 Å². The Kier molecular flexibility index (Phi) is 5.12. The lowest BCUT2D eigenvalue weighted by Crippen LogP contribution is -2.35. The summed E-state index contributed by atoms with van der Waals surface area (Å²) in [6.45, 7) is 1.49. The quantitative estimate of drug-likeness (QED) is 0.453. The van der Waals surface area contributed by atoms with E-state index >= 15 is 0 Å². The van der Waals surface area contributed by atoms with Crippen molar-refractivity contribution >= 4 is 16.0 Å². The predicted octanol–water partition coefficient (Wildman–Crippen LogP) is -0.665. The second kappa shape index (κ2) is 5.57. The van der Waals surface area contributed by atoms with Crippen molar-refractivity contribution in [2.24, 2.45) is 0 Å². The van der Waals surface area contributed by atoms with Crippen LogP contribution in [-0.4, -0.2) is 44.6 Å².